The summed E-state index contributed by atoms with van der Waals surface area (Å²) in [6.07, 6.45) is -0.0321. The van der Waals surface area contributed by atoms with Gasteiger partial charge in [0.2, 0.25) is 0 Å². The molecular formula is C21H24FN3O2. The molecule has 0 amide bonds. The van der Waals surface area contributed by atoms with Gasteiger partial charge in [-0.3, -0.25) is 4.79 Å². The lowest BCUT2D eigenvalue weighted by atomic mass is 10.0. The van der Waals surface area contributed by atoms with Gasteiger partial charge in [0, 0.05) is 24.7 Å². The number of hydrogen-bond donors (Lipinski definition) is 2. The van der Waals surface area contributed by atoms with Crippen molar-refractivity contribution in [3.05, 3.63) is 60.2 Å². The van der Waals surface area contributed by atoms with E-state index in [1.807, 2.05) is 24.3 Å². The van der Waals surface area contributed by atoms with Crippen molar-refractivity contribution in [2.45, 2.75) is 32.7 Å². The molecule has 3 aromatic rings. The highest BCUT2D eigenvalue weighted by atomic mass is 19.1. The molecule has 1 aromatic heterocycles. The van der Waals surface area contributed by atoms with Crippen LogP contribution in [0.1, 0.15) is 32.0 Å². The first kappa shape index (κ1) is 18.9. The van der Waals surface area contributed by atoms with Crippen LogP contribution in [-0.2, 0) is 11.3 Å². The van der Waals surface area contributed by atoms with Gasteiger partial charge >= 0.3 is 5.97 Å². The molecule has 0 aliphatic carbocycles. The number of aliphatic carboxylic acids is 1. The molecule has 0 bridgehead atoms. The highest BCUT2D eigenvalue weighted by molar-refractivity contribution is 5.76. The van der Waals surface area contributed by atoms with Crippen molar-refractivity contribution in [2.24, 2.45) is 5.92 Å². The molecule has 0 fully saturated rings. The predicted molar refractivity (Wildman–Crippen MR) is 104 cm³/mol. The number of rotatable bonds is 8. The SMILES string of the molecule is CC(C)Cn1c([C@H](CNc2ccc(F)cc2)CC(=O)O)nc2ccccc21. The molecular weight excluding hydrogens is 345 g/mol. The lowest BCUT2D eigenvalue weighted by Crippen LogP contribution is -2.21. The van der Waals surface area contributed by atoms with E-state index in [-0.39, 0.29) is 18.2 Å². The monoisotopic (exact) mass is 369 g/mol. The molecule has 2 aromatic carbocycles. The van der Waals surface area contributed by atoms with Gasteiger partial charge in [-0.05, 0) is 42.3 Å². The van der Waals surface area contributed by atoms with Crippen molar-refractivity contribution in [3.8, 4) is 0 Å². The molecule has 1 atom stereocenters. The first-order valence-electron chi connectivity index (χ1n) is 9.10. The first-order valence-corrected chi connectivity index (χ1v) is 9.10. The largest absolute Gasteiger partial charge is 0.481 e. The van der Waals surface area contributed by atoms with Crippen molar-refractivity contribution in [1.29, 1.82) is 0 Å². The van der Waals surface area contributed by atoms with Gasteiger partial charge in [0.15, 0.2) is 0 Å². The average Bonchev–Trinajstić information content (AvgIpc) is 2.98. The zero-order valence-electron chi connectivity index (χ0n) is 15.5. The number of aromatic nitrogens is 2. The van der Waals surface area contributed by atoms with E-state index in [1.165, 1.54) is 12.1 Å². The minimum Gasteiger partial charge on any atom is -0.481 e. The number of carboxylic acid groups (broad SMARTS) is 1. The maximum absolute atomic E-state index is 13.1. The second-order valence-electron chi connectivity index (χ2n) is 7.15. The van der Waals surface area contributed by atoms with Gasteiger partial charge in [-0.15, -0.1) is 0 Å². The molecule has 0 saturated heterocycles. The summed E-state index contributed by atoms with van der Waals surface area (Å²) >= 11 is 0. The Morgan fingerprint density at radius 1 is 1.19 bits per heavy atom. The summed E-state index contributed by atoms with van der Waals surface area (Å²) in [4.78, 5) is 16.2. The third-order valence-electron chi connectivity index (χ3n) is 4.41. The number of imidazole rings is 1. The van der Waals surface area contributed by atoms with Crippen LogP contribution in [0, 0.1) is 11.7 Å². The van der Waals surface area contributed by atoms with Gasteiger partial charge in [-0.1, -0.05) is 26.0 Å². The zero-order valence-corrected chi connectivity index (χ0v) is 15.5. The van der Waals surface area contributed by atoms with E-state index < -0.39 is 5.97 Å². The fourth-order valence-corrected chi connectivity index (χ4v) is 3.24. The fraction of sp³-hybridized carbons (Fsp3) is 0.333. The molecule has 0 spiro atoms. The number of para-hydroxylation sites is 2. The van der Waals surface area contributed by atoms with Gasteiger partial charge in [-0.2, -0.15) is 0 Å². The number of fused-ring (bicyclic) bond motifs is 1. The molecule has 1 heterocycles. The smallest absolute Gasteiger partial charge is 0.304 e. The highest BCUT2D eigenvalue weighted by Gasteiger charge is 2.23. The molecule has 2 N–H and O–H groups in total. The third-order valence-corrected chi connectivity index (χ3v) is 4.41. The molecule has 27 heavy (non-hydrogen) atoms. The van der Waals surface area contributed by atoms with Crippen molar-refractivity contribution < 1.29 is 14.3 Å². The summed E-state index contributed by atoms with van der Waals surface area (Å²) in [5.74, 6) is -0.317. The van der Waals surface area contributed by atoms with Crippen LogP contribution < -0.4 is 5.32 Å². The normalized spacial score (nSPS) is 12.4. The molecule has 6 heteroatoms. The lowest BCUT2D eigenvalue weighted by Gasteiger charge is -2.19. The van der Waals surface area contributed by atoms with Gasteiger partial charge in [0.05, 0.1) is 17.5 Å². The summed E-state index contributed by atoms with van der Waals surface area (Å²) in [5.41, 5.74) is 2.63. The molecule has 0 radical (unpaired) electrons. The summed E-state index contributed by atoms with van der Waals surface area (Å²) in [6.45, 7) is 5.42. The number of hydrogen-bond acceptors (Lipinski definition) is 3. The summed E-state index contributed by atoms with van der Waals surface area (Å²) in [5, 5.41) is 12.6. The molecule has 3 rings (SSSR count). The van der Waals surface area contributed by atoms with E-state index in [0.717, 1.165) is 29.1 Å². The minimum atomic E-state index is -0.871. The Labute approximate surface area is 157 Å². The molecule has 0 unspecified atom stereocenters. The predicted octanol–water partition coefficient (Wildman–Crippen LogP) is 4.50. The highest BCUT2D eigenvalue weighted by Crippen LogP contribution is 2.26. The van der Waals surface area contributed by atoms with E-state index in [1.54, 1.807) is 12.1 Å². The second kappa shape index (κ2) is 8.20. The summed E-state index contributed by atoms with van der Waals surface area (Å²) in [6, 6.07) is 13.9. The maximum atomic E-state index is 13.1. The van der Waals surface area contributed by atoms with Crippen molar-refractivity contribution in [2.75, 3.05) is 11.9 Å². The number of carboxylic acids is 1. The first-order chi connectivity index (χ1) is 12.9. The van der Waals surface area contributed by atoms with E-state index in [9.17, 15) is 14.3 Å². The zero-order chi connectivity index (χ0) is 19.4. The van der Waals surface area contributed by atoms with Crippen LogP contribution >= 0.6 is 0 Å². The Morgan fingerprint density at radius 3 is 2.56 bits per heavy atom. The van der Waals surface area contributed by atoms with Crippen molar-refractivity contribution in [3.63, 3.8) is 0 Å². The van der Waals surface area contributed by atoms with Crippen LogP contribution in [0.2, 0.25) is 0 Å². The standard InChI is InChI=1S/C21H24FN3O2/c1-14(2)13-25-19-6-4-3-5-18(19)24-21(25)15(11-20(26)27)12-23-17-9-7-16(22)8-10-17/h3-10,14-15,23H,11-13H2,1-2H3,(H,26,27)/t15-/m0/s1. The average molecular weight is 369 g/mol. The third kappa shape index (κ3) is 4.64. The number of nitrogens with zero attached hydrogens (tertiary/aromatic N) is 2. The Morgan fingerprint density at radius 2 is 1.89 bits per heavy atom. The van der Waals surface area contributed by atoms with Gasteiger partial charge < -0.3 is 15.0 Å². The van der Waals surface area contributed by atoms with Gasteiger partial charge in [-0.25, -0.2) is 9.37 Å². The lowest BCUT2D eigenvalue weighted by molar-refractivity contribution is -0.137. The van der Waals surface area contributed by atoms with Gasteiger partial charge in [0.25, 0.3) is 0 Å². The molecule has 0 saturated carbocycles. The van der Waals surface area contributed by atoms with Crippen LogP contribution in [0.15, 0.2) is 48.5 Å². The van der Waals surface area contributed by atoms with E-state index in [4.69, 9.17) is 4.98 Å². The number of nitrogens with one attached hydrogen (secondary N) is 1. The molecule has 0 aliphatic rings. The number of carbonyl (C=O) groups is 1. The number of halogens is 1. The van der Waals surface area contributed by atoms with E-state index >= 15 is 0 Å². The Kier molecular flexibility index (Phi) is 5.74. The number of benzene rings is 2. The molecule has 142 valence electrons. The minimum absolute atomic E-state index is 0.0321. The summed E-state index contributed by atoms with van der Waals surface area (Å²) < 4.78 is 15.2. The van der Waals surface area contributed by atoms with Crippen LogP contribution in [0.4, 0.5) is 10.1 Å². The topological polar surface area (TPSA) is 67.2 Å². The Balaban J connectivity index is 1.93. The molecule has 5 nitrogen and oxygen atoms in total. The van der Waals surface area contributed by atoms with Crippen LogP contribution in [-0.4, -0.2) is 27.2 Å². The van der Waals surface area contributed by atoms with Crippen molar-refractivity contribution >= 4 is 22.7 Å². The Hall–Kier alpha value is -2.89. The maximum Gasteiger partial charge on any atom is 0.304 e. The quantitative estimate of drug-likeness (QED) is 0.613. The fourth-order valence-electron chi connectivity index (χ4n) is 3.24. The Bertz CT molecular complexity index is 919. The van der Waals surface area contributed by atoms with Crippen LogP contribution in [0.25, 0.3) is 11.0 Å². The van der Waals surface area contributed by atoms with Gasteiger partial charge in [0.1, 0.15) is 11.6 Å². The van der Waals surface area contributed by atoms with E-state index in [0.29, 0.717) is 12.5 Å². The summed E-state index contributed by atoms with van der Waals surface area (Å²) in [7, 11) is 0. The van der Waals surface area contributed by atoms with Crippen LogP contribution in [0.3, 0.4) is 0 Å². The number of anilines is 1. The second-order valence-corrected chi connectivity index (χ2v) is 7.15. The molecule has 0 aliphatic heterocycles. The van der Waals surface area contributed by atoms with Crippen LogP contribution in [0.5, 0.6) is 0 Å². The van der Waals surface area contributed by atoms with E-state index in [2.05, 4.69) is 23.7 Å². The van der Waals surface area contributed by atoms with Crippen molar-refractivity contribution in [1.82, 2.24) is 9.55 Å².